The van der Waals surface area contributed by atoms with Gasteiger partial charge in [0.1, 0.15) is 11.5 Å². The van der Waals surface area contributed by atoms with Crippen LogP contribution in [0.1, 0.15) is 5.56 Å². The Bertz CT molecular complexity index is 1170. The Balaban J connectivity index is 1.29. The minimum Gasteiger partial charge on any atom is -0.484 e. The Morgan fingerprint density at radius 3 is 2.60 bits per heavy atom. The van der Waals surface area contributed by atoms with Crippen LogP contribution in [0.25, 0.3) is 10.8 Å². The van der Waals surface area contributed by atoms with Crippen molar-refractivity contribution in [3.63, 3.8) is 0 Å². The molecule has 1 heterocycles. The van der Waals surface area contributed by atoms with Gasteiger partial charge >= 0.3 is 0 Å². The summed E-state index contributed by atoms with van der Waals surface area (Å²) in [5.74, 6) is 0.352. The quantitative estimate of drug-likeness (QED) is 0.480. The van der Waals surface area contributed by atoms with Gasteiger partial charge in [-0.15, -0.1) is 0 Å². The van der Waals surface area contributed by atoms with Crippen molar-refractivity contribution < 1.29 is 18.7 Å². The monoisotopic (exact) mass is 402 g/mol. The third kappa shape index (κ3) is 4.91. The van der Waals surface area contributed by atoms with Crippen LogP contribution in [0.15, 0.2) is 85.2 Å². The standard InChI is InChI=1S/C24H19FN2O3/c25-22-12-17(7-10-23(22)30-21-6-3-11-26-15-21)14-27-24(28)16-29-20-9-8-18-4-1-2-5-19(18)13-20/h1-13,15H,14,16H2,(H,27,28). The van der Waals surface area contributed by atoms with E-state index in [-0.39, 0.29) is 24.8 Å². The van der Waals surface area contributed by atoms with E-state index in [0.29, 0.717) is 17.1 Å². The van der Waals surface area contributed by atoms with E-state index in [1.165, 1.54) is 18.3 Å². The molecule has 0 fully saturated rings. The lowest BCUT2D eigenvalue weighted by Crippen LogP contribution is -2.28. The fourth-order valence-corrected chi connectivity index (χ4v) is 2.93. The van der Waals surface area contributed by atoms with Gasteiger partial charge in [-0.05, 0) is 52.7 Å². The molecule has 0 spiro atoms. The van der Waals surface area contributed by atoms with E-state index in [1.807, 2.05) is 42.5 Å². The molecular formula is C24H19FN2O3. The average Bonchev–Trinajstić information content (AvgIpc) is 2.78. The van der Waals surface area contributed by atoms with Crippen molar-refractivity contribution in [3.05, 3.63) is 96.6 Å². The first-order chi connectivity index (χ1) is 14.7. The van der Waals surface area contributed by atoms with Crippen molar-refractivity contribution in [1.82, 2.24) is 10.3 Å². The molecule has 4 rings (SSSR count). The lowest BCUT2D eigenvalue weighted by atomic mass is 10.1. The molecule has 1 aromatic heterocycles. The molecule has 0 atom stereocenters. The second-order valence-corrected chi connectivity index (χ2v) is 6.63. The maximum Gasteiger partial charge on any atom is 0.258 e. The molecule has 5 nitrogen and oxygen atoms in total. The smallest absolute Gasteiger partial charge is 0.258 e. The molecule has 4 aromatic rings. The zero-order valence-electron chi connectivity index (χ0n) is 16.0. The van der Waals surface area contributed by atoms with Crippen molar-refractivity contribution in [1.29, 1.82) is 0 Å². The number of pyridine rings is 1. The number of carbonyl (C=O) groups excluding carboxylic acids is 1. The number of hydrogen-bond donors (Lipinski definition) is 1. The largest absolute Gasteiger partial charge is 0.484 e. The maximum absolute atomic E-state index is 14.3. The normalized spacial score (nSPS) is 10.6. The summed E-state index contributed by atoms with van der Waals surface area (Å²) in [6.45, 7) is 0.0625. The molecule has 0 saturated carbocycles. The van der Waals surface area contributed by atoms with Gasteiger partial charge in [0, 0.05) is 12.7 Å². The third-order valence-electron chi connectivity index (χ3n) is 4.44. The number of fused-ring (bicyclic) bond motifs is 1. The fraction of sp³-hybridized carbons (Fsp3) is 0.0833. The van der Waals surface area contributed by atoms with Crippen LogP contribution < -0.4 is 14.8 Å². The average molecular weight is 402 g/mol. The zero-order chi connectivity index (χ0) is 20.8. The van der Waals surface area contributed by atoms with Gasteiger partial charge in [-0.3, -0.25) is 9.78 Å². The first kappa shape index (κ1) is 19.4. The van der Waals surface area contributed by atoms with Crippen LogP contribution in [0.4, 0.5) is 4.39 Å². The summed E-state index contributed by atoms with van der Waals surface area (Å²) in [6.07, 6.45) is 3.11. The van der Waals surface area contributed by atoms with E-state index in [0.717, 1.165) is 10.8 Å². The van der Waals surface area contributed by atoms with Gasteiger partial charge < -0.3 is 14.8 Å². The topological polar surface area (TPSA) is 60.5 Å². The molecular weight excluding hydrogens is 383 g/mol. The molecule has 0 bridgehead atoms. The number of carbonyl (C=O) groups is 1. The predicted molar refractivity (Wildman–Crippen MR) is 112 cm³/mol. The van der Waals surface area contributed by atoms with E-state index in [2.05, 4.69) is 10.3 Å². The maximum atomic E-state index is 14.3. The van der Waals surface area contributed by atoms with E-state index in [4.69, 9.17) is 9.47 Å². The molecule has 0 saturated heterocycles. The Labute approximate surface area is 173 Å². The molecule has 30 heavy (non-hydrogen) atoms. The number of nitrogens with one attached hydrogen (secondary N) is 1. The number of amides is 1. The molecule has 150 valence electrons. The van der Waals surface area contributed by atoms with Crippen LogP contribution in [0, 0.1) is 5.82 Å². The first-order valence-electron chi connectivity index (χ1n) is 9.42. The summed E-state index contributed by atoms with van der Waals surface area (Å²) in [6, 6.07) is 21.5. The SMILES string of the molecule is O=C(COc1ccc2ccccc2c1)NCc1ccc(Oc2cccnc2)c(F)c1. The van der Waals surface area contributed by atoms with E-state index < -0.39 is 5.82 Å². The molecule has 3 aromatic carbocycles. The van der Waals surface area contributed by atoms with Crippen molar-refractivity contribution in [3.8, 4) is 17.2 Å². The number of aromatic nitrogens is 1. The number of nitrogens with zero attached hydrogens (tertiary/aromatic N) is 1. The highest BCUT2D eigenvalue weighted by Gasteiger charge is 2.08. The van der Waals surface area contributed by atoms with Crippen LogP contribution in [-0.2, 0) is 11.3 Å². The van der Waals surface area contributed by atoms with Crippen molar-refractivity contribution in [2.75, 3.05) is 6.61 Å². The van der Waals surface area contributed by atoms with Crippen LogP contribution in [0.3, 0.4) is 0 Å². The fourth-order valence-electron chi connectivity index (χ4n) is 2.93. The number of benzene rings is 3. The number of hydrogen-bond acceptors (Lipinski definition) is 4. The van der Waals surface area contributed by atoms with Gasteiger partial charge in [-0.2, -0.15) is 0 Å². The Morgan fingerprint density at radius 2 is 1.80 bits per heavy atom. The lowest BCUT2D eigenvalue weighted by molar-refractivity contribution is -0.123. The summed E-state index contributed by atoms with van der Waals surface area (Å²) in [7, 11) is 0. The van der Waals surface area contributed by atoms with E-state index in [1.54, 1.807) is 24.4 Å². The van der Waals surface area contributed by atoms with Crippen molar-refractivity contribution >= 4 is 16.7 Å². The summed E-state index contributed by atoms with van der Waals surface area (Å²) < 4.78 is 25.3. The predicted octanol–water partition coefficient (Wildman–Crippen LogP) is 4.86. The van der Waals surface area contributed by atoms with Crippen LogP contribution >= 0.6 is 0 Å². The molecule has 0 aliphatic rings. The minimum atomic E-state index is -0.516. The second kappa shape index (κ2) is 9.05. The van der Waals surface area contributed by atoms with Crippen molar-refractivity contribution in [2.24, 2.45) is 0 Å². The van der Waals surface area contributed by atoms with Crippen LogP contribution in [0.5, 0.6) is 17.2 Å². The molecule has 0 unspecified atom stereocenters. The summed E-state index contributed by atoms with van der Waals surface area (Å²) in [4.78, 5) is 16.0. The van der Waals surface area contributed by atoms with E-state index in [9.17, 15) is 9.18 Å². The summed E-state index contributed by atoms with van der Waals surface area (Å²) in [5.41, 5.74) is 0.616. The second-order valence-electron chi connectivity index (χ2n) is 6.63. The number of halogens is 1. The molecule has 0 aliphatic carbocycles. The Kier molecular flexibility index (Phi) is 5.85. The highest BCUT2D eigenvalue weighted by atomic mass is 19.1. The van der Waals surface area contributed by atoms with E-state index >= 15 is 0 Å². The van der Waals surface area contributed by atoms with Gasteiger partial charge in [0.25, 0.3) is 5.91 Å². The zero-order valence-corrected chi connectivity index (χ0v) is 16.0. The molecule has 0 radical (unpaired) electrons. The van der Waals surface area contributed by atoms with Crippen molar-refractivity contribution in [2.45, 2.75) is 6.54 Å². The molecule has 0 aliphatic heterocycles. The third-order valence-corrected chi connectivity index (χ3v) is 4.44. The highest BCUT2D eigenvalue weighted by Crippen LogP contribution is 2.24. The van der Waals surface area contributed by atoms with Crippen LogP contribution in [-0.4, -0.2) is 17.5 Å². The van der Waals surface area contributed by atoms with Gasteiger partial charge in [0.15, 0.2) is 18.2 Å². The number of ether oxygens (including phenoxy) is 2. The minimum absolute atomic E-state index is 0.0951. The highest BCUT2D eigenvalue weighted by molar-refractivity contribution is 5.84. The molecule has 1 N–H and O–H groups in total. The lowest BCUT2D eigenvalue weighted by Gasteiger charge is -2.10. The van der Waals surface area contributed by atoms with Gasteiger partial charge in [0.2, 0.25) is 0 Å². The summed E-state index contributed by atoms with van der Waals surface area (Å²) in [5, 5.41) is 4.87. The summed E-state index contributed by atoms with van der Waals surface area (Å²) >= 11 is 0. The Morgan fingerprint density at radius 1 is 0.933 bits per heavy atom. The first-order valence-corrected chi connectivity index (χ1v) is 9.42. The Hall–Kier alpha value is -3.93. The van der Waals surface area contributed by atoms with Gasteiger partial charge in [-0.1, -0.05) is 36.4 Å². The molecule has 6 heteroatoms. The van der Waals surface area contributed by atoms with Gasteiger partial charge in [-0.25, -0.2) is 4.39 Å². The molecule has 1 amide bonds. The van der Waals surface area contributed by atoms with Gasteiger partial charge in [0.05, 0.1) is 6.20 Å². The van der Waals surface area contributed by atoms with Crippen LogP contribution in [0.2, 0.25) is 0 Å². The number of rotatable bonds is 7.